The normalized spacial score (nSPS) is 42.6. The molecular weight excluding hydrogens is 340 g/mol. The van der Waals surface area contributed by atoms with Gasteiger partial charge in [0.25, 0.3) is 0 Å². The number of hydrogen-bond acceptors (Lipinski definition) is 1. The molecule has 1 nitrogen and oxygen atoms in total. The monoisotopic (exact) mass is 378 g/mol. The zero-order chi connectivity index (χ0) is 19.4. The Morgan fingerprint density at radius 1 is 0.893 bits per heavy atom. The Morgan fingerprint density at radius 2 is 1.68 bits per heavy atom. The SMILES string of the molecule is CCc1ccc(C[C@]23CCCCC2CC[C@@H]2[C@H]3CC[C@]3(C)C(=O)CC[C@@H]23)cc1. The summed E-state index contributed by atoms with van der Waals surface area (Å²) in [5.74, 6) is 3.87. The zero-order valence-electron chi connectivity index (χ0n) is 18.0. The zero-order valence-corrected chi connectivity index (χ0v) is 18.0. The molecule has 152 valence electrons. The van der Waals surface area contributed by atoms with Crippen LogP contribution in [0, 0.1) is 34.5 Å². The molecule has 1 heteroatoms. The molecule has 0 N–H and O–H groups in total. The van der Waals surface area contributed by atoms with Crippen molar-refractivity contribution < 1.29 is 4.79 Å². The number of hydrogen-bond donors (Lipinski definition) is 0. The van der Waals surface area contributed by atoms with E-state index in [9.17, 15) is 4.79 Å². The first-order valence-electron chi connectivity index (χ1n) is 12.2. The lowest BCUT2D eigenvalue weighted by Gasteiger charge is -2.61. The maximum Gasteiger partial charge on any atom is 0.139 e. The van der Waals surface area contributed by atoms with Gasteiger partial charge < -0.3 is 0 Å². The van der Waals surface area contributed by atoms with Crippen LogP contribution in [-0.2, 0) is 17.6 Å². The van der Waals surface area contributed by atoms with Gasteiger partial charge in [0.05, 0.1) is 0 Å². The van der Waals surface area contributed by atoms with Gasteiger partial charge in [-0.25, -0.2) is 0 Å². The van der Waals surface area contributed by atoms with Gasteiger partial charge >= 0.3 is 0 Å². The van der Waals surface area contributed by atoms with Gasteiger partial charge in [-0.1, -0.05) is 51.0 Å². The predicted molar refractivity (Wildman–Crippen MR) is 115 cm³/mol. The number of benzene rings is 1. The number of ketones is 1. The molecule has 4 saturated carbocycles. The summed E-state index contributed by atoms with van der Waals surface area (Å²) in [5.41, 5.74) is 3.57. The van der Waals surface area contributed by atoms with E-state index in [0.717, 1.165) is 30.6 Å². The van der Waals surface area contributed by atoms with Crippen LogP contribution in [-0.4, -0.2) is 5.78 Å². The summed E-state index contributed by atoms with van der Waals surface area (Å²) in [4.78, 5) is 12.7. The van der Waals surface area contributed by atoms with Crippen molar-refractivity contribution in [3.63, 3.8) is 0 Å². The summed E-state index contributed by atoms with van der Waals surface area (Å²) in [5, 5.41) is 0. The highest BCUT2D eigenvalue weighted by Crippen LogP contribution is 2.66. The summed E-state index contributed by atoms with van der Waals surface area (Å²) in [6.45, 7) is 4.57. The van der Waals surface area contributed by atoms with Crippen molar-refractivity contribution in [1.82, 2.24) is 0 Å². The van der Waals surface area contributed by atoms with Crippen molar-refractivity contribution in [3.8, 4) is 0 Å². The molecule has 0 saturated heterocycles. The topological polar surface area (TPSA) is 17.1 Å². The van der Waals surface area contributed by atoms with Gasteiger partial charge in [0, 0.05) is 11.8 Å². The quantitative estimate of drug-likeness (QED) is 0.567. The number of aryl methyl sites for hydroxylation is 1. The third-order valence-electron chi connectivity index (χ3n) is 9.96. The van der Waals surface area contributed by atoms with Crippen LogP contribution in [0.3, 0.4) is 0 Å². The second-order valence-electron chi connectivity index (χ2n) is 10.9. The van der Waals surface area contributed by atoms with Crippen LogP contribution in [0.15, 0.2) is 24.3 Å². The first kappa shape index (κ1) is 18.9. The number of fused-ring (bicyclic) bond motifs is 5. The Morgan fingerprint density at radius 3 is 2.46 bits per heavy atom. The first-order chi connectivity index (χ1) is 13.6. The van der Waals surface area contributed by atoms with E-state index in [1.54, 1.807) is 5.56 Å². The highest BCUT2D eigenvalue weighted by atomic mass is 16.1. The molecule has 0 bridgehead atoms. The summed E-state index contributed by atoms with van der Waals surface area (Å²) in [7, 11) is 0. The Bertz CT molecular complexity index is 733. The fraction of sp³-hybridized carbons (Fsp3) is 0.741. The molecule has 0 spiro atoms. The minimum Gasteiger partial charge on any atom is -0.299 e. The number of carbonyl (C=O) groups is 1. The van der Waals surface area contributed by atoms with Gasteiger partial charge in [0.2, 0.25) is 0 Å². The van der Waals surface area contributed by atoms with Crippen molar-refractivity contribution >= 4 is 5.78 Å². The average molecular weight is 379 g/mol. The average Bonchev–Trinajstić information content (AvgIpc) is 3.03. The van der Waals surface area contributed by atoms with Crippen molar-refractivity contribution in [1.29, 1.82) is 0 Å². The maximum atomic E-state index is 12.7. The molecule has 4 aliphatic rings. The molecule has 5 rings (SSSR count). The van der Waals surface area contributed by atoms with E-state index in [-0.39, 0.29) is 5.41 Å². The fourth-order valence-corrected chi connectivity index (χ4v) is 8.46. The van der Waals surface area contributed by atoms with E-state index < -0.39 is 0 Å². The summed E-state index contributed by atoms with van der Waals surface area (Å²) < 4.78 is 0. The summed E-state index contributed by atoms with van der Waals surface area (Å²) in [6, 6.07) is 9.57. The number of Topliss-reactive ketones (excluding diaryl/α,β-unsaturated/α-hetero) is 1. The lowest BCUT2D eigenvalue weighted by atomic mass is 9.44. The van der Waals surface area contributed by atoms with Crippen LogP contribution in [0.1, 0.15) is 89.2 Å². The molecule has 6 atom stereocenters. The standard InChI is InChI=1S/C27H38O/c1-3-19-7-9-20(10-8-19)18-27-16-5-4-6-21(27)11-12-22-23-13-14-25(28)26(23,2)17-15-24(22)27/h7-10,21-24H,3-6,11-18H2,1-2H3/t21?,22-,23-,24+,26-,27+/m0/s1. The van der Waals surface area contributed by atoms with Gasteiger partial charge in [-0.15, -0.1) is 0 Å². The highest BCUT2D eigenvalue weighted by molar-refractivity contribution is 5.87. The van der Waals surface area contributed by atoms with E-state index in [1.807, 2.05) is 0 Å². The molecule has 4 aliphatic carbocycles. The summed E-state index contributed by atoms with van der Waals surface area (Å²) in [6.07, 6.45) is 15.5. The van der Waals surface area contributed by atoms with Crippen LogP contribution in [0.25, 0.3) is 0 Å². The smallest absolute Gasteiger partial charge is 0.139 e. The van der Waals surface area contributed by atoms with E-state index >= 15 is 0 Å². The second-order valence-corrected chi connectivity index (χ2v) is 10.9. The van der Waals surface area contributed by atoms with Crippen molar-refractivity contribution in [2.75, 3.05) is 0 Å². The van der Waals surface area contributed by atoms with Crippen molar-refractivity contribution in [2.45, 2.75) is 90.9 Å². The van der Waals surface area contributed by atoms with Gasteiger partial charge in [-0.2, -0.15) is 0 Å². The Balaban J connectivity index is 1.48. The summed E-state index contributed by atoms with van der Waals surface area (Å²) >= 11 is 0. The molecule has 28 heavy (non-hydrogen) atoms. The lowest BCUT2D eigenvalue weighted by molar-refractivity contribution is -0.140. The van der Waals surface area contributed by atoms with Crippen LogP contribution in [0.4, 0.5) is 0 Å². The first-order valence-corrected chi connectivity index (χ1v) is 12.2. The molecule has 4 fully saturated rings. The number of carbonyl (C=O) groups excluding carboxylic acids is 1. The molecular formula is C27H38O. The minimum absolute atomic E-state index is 0.0205. The van der Waals surface area contributed by atoms with Gasteiger partial charge in [0.15, 0.2) is 0 Å². The maximum absolute atomic E-state index is 12.7. The Hall–Kier alpha value is -1.11. The Labute approximate surface area is 171 Å². The largest absolute Gasteiger partial charge is 0.299 e. The third kappa shape index (κ3) is 2.75. The lowest BCUT2D eigenvalue weighted by Crippen LogP contribution is -2.54. The minimum atomic E-state index is 0.0205. The predicted octanol–water partition coefficient (Wildman–Crippen LogP) is 6.77. The molecule has 0 aliphatic heterocycles. The van der Waals surface area contributed by atoms with Crippen LogP contribution >= 0.6 is 0 Å². The third-order valence-corrected chi connectivity index (χ3v) is 9.96. The highest BCUT2D eigenvalue weighted by Gasteiger charge is 2.60. The number of rotatable bonds is 3. The molecule has 0 heterocycles. The molecule has 1 aromatic carbocycles. The van der Waals surface area contributed by atoms with E-state index in [0.29, 0.717) is 17.1 Å². The molecule has 1 aromatic rings. The molecule has 0 amide bonds. The van der Waals surface area contributed by atoms with Crippen molar-refractivity contribution in [2.24, 2.45) is 34.5 Å². The van der Waals surface area contributed by atoms with Gasteiger partial charge in [-0.3, -0.25) is 4.79 Å². The van der Waals surface area contributed by atoms with E-state index in [1.165, 1.54) is 69.8 Å². The van der Waals surface area contributed by atoms with E-state index in [4.69, 9.17) is 0 Å². The van der Waals surface area contributed by atoms with E-state index in [2.05, 4.69) is 38.1 Å². The molecule has 0 radical (unpaired) electrons. The van der Waals surface area contributed by atoms with Crippen LogP contribution < -0.4 is 0 Å². The van der Waals surface area contributed by atoms with Crippen molar-refractivity contribution in [3.05, 3.63) is 35.4 Å². The van der Waals surface area contributed by atoms with Gasteiger partial charge in [-0.05, 0) is 98.0 Å². The second kappa shape index (κ2) is 6.99. The van der Waals surface area contributed by atoms with Crippen LogP contribution in [0.2, 0.25) is 0 Å². The Kier molecular flexibility index (Phi) is 4.72. The molecule has 1 unspecified atom stereocenters. The molecule has 0 aromatic heterocycles. The van der Waals surface area contributed by atoms with Crippen LogP contribution in [0.5, 0.6) is 0 Å². The fourth-order valence-electron chi connectivity index (χ4n) is 8.46. The van der Waals surface area contributed by atoms with Gasteiger partial charge in [0.1, 0.15) is 5.78 Å².